The van der Waals surface area contributed by atoms with Crippen molar-refractivity contribution in [3.8, 4) is 0 Å². The maximum Gasteiger partial charge on any atom is 0.405 e. The number of hydrogen-bond acceptors (Lipinski definition) is 4. The number of aliphatic hydroxyl groups is 1. The zero-order valence-corrected chi connectivity index (χ0v) is 11.6. The molecule has 0 saturated heterocycles. The molecule has 0 amide bonds. The van der Waals surface area contributed by atoms with E-state index in [-0.39, 0.29) is 25.0 Å². The van der Waals surface area contributed by atoms with Crippen LogP contribution in [-0.4, -0.2) is 42.0 Å². The summed E-state index contributed by atoms with van der Waals surface area (Å²) < 4.78 is 37.8. The van der Waals surface area contributed by atoms with E-state index in [4.69, 9.17) is 5.11 Å². The molecular weight excluding hydrogens is 271 g/mol. The highest BCUT2D eigenvalue weighted by atomic mass is 19.4. The standard InChI is InChI=1S/C13H20F3N3O/c1-10(2)18-8-11-4-3-5-17-12(11)19(6-7-20)9-13(14,15)16/h3-5,10,18,20H,6-9H2,1-2H3. The number of nitrogens with zero attached hydrogens (tertiary/aromatic N) is 2. The van der Waals surface area contributed by atoms with Gasteiger partial charge in [0.25, 0.3) is 0 Å². The third-order valence-corrected chi connectivity index (χ3v) is 2.61. The molecular formula is C13H20F3N3O. The monoisotopic (exact) mass is 291 g/mol. The minimum absolute atomic E-state index is 0.106. The van der Waals surface area contributed by atoms with Crippen molar-refractivity contribution in [1.29, 1.82) is 0 Å². The number of aliphatic hydroxyl groups excluding tert-OH is 1. The first-order chi connectivity index (χ1) is 9.33. The molecule has 1 aromatic heterocycles. The van der Waals surface area contributed by atoms with Gasteiger partial charge in [0, 0.05) is 30.9 Å². The average Bonchev–Trinajstić information content (AvgIpc) is 2.34. The third kappa shape index (κ3) is 5.75. The normalized spacial score (nSPS) is 11.9. The van der Waals surface area contributed by atoms with E-state index in [0.717, 1.165) is 4.90 Å². The van der Waals surface area contributed by atoms with E-state index in [0.29, 0.717) is 12.1 Å². The first-order valence-electron chi connectivity index (χ1n) is 6.43. The molecule has 114 valence electrons. The number of alkyl halides is 3. The van der Waals surface area contributed by atoms with Gasteiger partial charge in [-0.2, -0.15) is 13.2 Å². The molecule has 0 saturated carbocycles. The van der Waals surface area contributed by atoms with E-state index < -0.39 is 12.7 Å². The van der Waals surface area contributed by atoms with Crippen LogP contribution in [0, 0.1) is 0 Å². The topological polar surface area (TPSA) is 48.4 Å². The molecule has 7 heteroatoms. The average molecular weight is 291 g/mol. The van der Waals surface area contributed by atoms with Crippen LogP contribution in [0.25, 0.3) is 0 Å². The highest BCUT2D eigenvalue weighted by Gasteiger charge is 2.31. The highest BCUT2D eigenvalue weighted by Crippen LogP contribution is 2.23. The lowest BCUT2D eigenvalue weighted by atomic mass is 10.2. The van der Waals surface area contributed by atoms with Gasteiger partial charge < -0.3 is 15.3 Å². The van der Waals surface area contributed by atoms with Crippen LogP contribution in [0.5, 0.6) is 0 Å². The number of hydrogen-bond donors (Lipinski definition) is 2. The Bertz CT molecular complexity index is 410. The maximum absolute atomic E-state index is 12.6. The van der Waals surface area contributed by atoms with Gasteiger partial charge in [0.15, 0.2) is 0 Å². The largest absolute Gasteiger partial charge is 0.405 e. The van der Waals surface area contributed by atoms with Gasteiger partial charge in [0.2, 0.25) is 0 Å². The molecule has 0 spiro atoms. The van der Waals surface area contributed by atoms with Crippen LogP contribution < -0.4 is 10.2 Å². The maximum atomic E-state index is 12.6. The molecule has 1 aromatic rings. The van der Waals surface area contributed by atoms with Gasteiger partial charge in [-0.05, 0) is 6.07 Å². The summed E-state index contributed by atoms with van der Waals surface area (Å²) in [5, 5.41) is 12.1. The second kappa shape index (κ2) is 7.44. The van der Waals surface area contributed by atoms with Crippen molar-refractivity contribution >= 4 is 5.82 Å². The fourth-order valence-electron chi connectivity index (χ4n) is 1.76. The number of pyridine rings is 1. The molecule has 0 radical (unpaired) electrons. The molecule has 0 fully saturated rings. The van der Waals surface area contributed by atoms with Crippen LogP contribution >= 0.6 is 0 Å². The number of halogens is 3. The van der Waals surface area contributed by atoms with Crippen LogP contribution in [0.4, 0.5) is 19.0 Å². The Morgan fingerprint density at radius 1 is 1.40 bits per heavy atom. The van der Waals surface area contributed by atoms with Crippen LogP contribution in [-0.2, 0) is 6.54 Å². The molecule has 20 heavy (non-hydrogen) atoms. The molecule has 2 N–H and O–H groups in total. The number of nitrogens with one attached hydrogen (secondary N) is 1. The second-order valence-corrected chi connectivity index (χ2v) is 4.78. The van der Waals surface area contributed by atoms with Crippen molar-refractivity contribution in [1.82, 2.24) is 10.3 Å². The Morgan fingerprint density at radius 2 is 2.10 bits per heavy atom. The number of anilines is 1. The van der Waals surface area contributed by atoms with E-state index >= 15 is 0 Å². The zero-order chi connectivity index (χ0) is 15.2. The minimum Gasteiger partial charge on any atom is -0.395 e. The smallest absolute Gasteiger partial charge is 0.395 e. The molecule has 0 aliphatic heterocycles. The zero-order valence-electron chi connectivity index (χ0n) is 11.6. The Kier molecular flexibility index (Phi) is 6.22. The first-order valence-corrected chi connectivity index (χ1v) is 6.43. The molecule has 1 rings (SSSR count). The Morgan fingerprint density at radius 3 is 2.65 bits per heavy atom. The Labute approximate surface area is 116 Å². The van der Waals surface area contributed by atoms with Gasteiger partial charge in [0.1, 0.15) is 12.4 Å². The molecule has 0 aliphatic rings. The molecule has 4 nitrogen and oxygen atoms in total. The SMILES string of the molecule is CC(C)NCc1cccnc1N(CCO)CC(F)(F)F. The Balaban J connectivity index is 2.94. The van der Waals surface area contributed by atoms with E-state index in [1.165, 1.54) is 6.20 Å². The van der Waals surface area contributed by atoms with E-state index in [2.05, 4.69) is 10.3 Å². The number of rotatable bonds is 7. The predicted molar refractivity (Wildman–Crippen MR) is 71.6 cm³/mol. The van der Waals surface area contributed by atoms with Crippen LogP contribution in [0.3, 0.4) is 0 Å². The van der Waals surface area contributed by atoms with Crippen molar-refractivity contribution in [3.05, 3.63) is 23.9 Å². The summed E-state index contributed by atoms with van der Waals surface area (Å²) in [6, 6.07) is 3.64. The highest BCUT2D eigenvalue weighted by molar-refractivity contribution is 5.47. The van der Waals surface area contributed by atoms with Crippen molar-refractivity contribution in [3.63, 3.8) is 0 Å². The molecule has 0 bridgehead atoms. The lowest BCUT2D eigenvalue weighted by molar-refractivity contribution is -0.120. The summed E-state index contributed by atoms with van der Waals surface area (Å²) in [6.45, 7) is 2.75. The second-order valence-electron chi connectivity index (χ2n) is 4.78. The van der Waals surface area contributed by atoms with Crippen LogP contribution in [0.1, 0.15) is 19.4 Å². The van der Waals surface area contributed by atoms with Crippen LogP contribution in [0.2, 0.25) is 0 Å². The summed E-state index contributed by atoms with van der Waals surface area (Å²) in [5.74, 6) is 0.257. The lowest BCUT2D eigenvalue weighted by Crippen LogP contribution is -2.38. The van der Waals surface area contributed by atoms with Gasteiger partial charge in [0.05, 0.1) is 6.61 Å². The molecule has 0 unspecified atom stereocenters. The van der Waals surface area contributed by atoms with Crippen molar-refractivity contribution in [2.24, 2.45) is 0 Å². The summed E-state index contributed by atoms with van der Waals surface area (Å²) in [7, 11) is 0. The van der Waals surface area contributed by atoms with Crippen molar-refractivity contribution in [2.75, 3.05) is 24.6 Å². The van der Waals surface area contributed by atoms with Gasteiger partial charge in [-0.3, -0.25) is 0 Å². The summed E-state index contributed by atoms with van der Waals surface area (Å²) in [4.78, 5) is 5.09. The fraction of sp³-hybridized carbons (Fsp3) is 0.615. The van der Waals surface area contributed by atoms with E-state index in [1.807, 2.05) is 13.8 Å². The Hall–Kier alpha value is -1.34. The number of aromatic nitrogens is 1. The lowest BCUT2D eigenvalue weighted by Gasteiger charge is -2.26. The van der Waals surface area contributed by atoms with Crippen LogP contribution in [0.15, 0.2) is 18.3 Å². The molecule has 0 atom stereocenters. The van der Waals surface area contributed by atoms with Gasteiger partial charge in [-0.25, -0.2) is 4.98 Å². The summed E-state index contributed by atoms with van der Waals surface area (Å²) >= 11 is 0. The quantitative estimate of drug-likeness (QED) is 0.806. The molecule has 0 aromatic carbocycles. The minimum atomic E-state index is -4.34. The van der Waals surface area contributed by atoms with E-state index in [9.17, 15) is 13.2 Å². The summed E-state index contributed by atoms with van der Waals surface area (Å²) in [5.41, 5.74) is 0.680. The molecule has 1 heterocycles. The van der Waals surface area contributed by atoms with E-state index in [1.54, 1.807) is 12.1 Å². The molecule has 0 aliphatic carbocycles. The van der Waals surface area contributed by atoms with Gasteiger partial charge in [-0.15, -0.1) is 0 Å². The van der Waals surface area contributed by atoms with Crippen molar-refractivity contribution in [2.45, 2.75) is 32.6 Å². The first kappa shape index (κ1) is 16.7. The van der Waals surface area contributed by atoms with Crippen molar-refractivity contribution < 1.29 is 18.3 Å². The van der Waals surface area contributed by atoms with Gasteiger partial charge in [-0.1, -0.05) is 19.9 Å². The fourth-order valence-corrected chi connectivity index (χ4v) is 1.76. The summed E-state index contributed by atoms with van der Waals surface area (Å²) in [6.07, 6.45) is -2.88. The van der Waals surface area contributed by atoms with Gasteiger partial charge >= 0.3 is 6.18 Å². The third-order valence-electron chi connectivity index (χ3n) is 2.61. The predicted octanol–water partition coefficient (Wildman–Crippen LogP) is 1.94.